The molecule has 6 nitrogen and oxygen atoms in total. The highest BCUT2D eigenvalue weighted by Gasteiger charge is 2.25. The third-order valence-electron chi connectivity index (χ3n) is 5.94. The van der Waals surface area contributed by atoms with Crippen molar-refractivity contribution in [2.75, 3.05) is 26.4 Å². The molecule has 1 atom stereocenters. The number of hydrogen-bond acceptors (Lipinski definition) is 7. The molecule has 0 aromatic carbocycles. The topological polar surface area (TPSA) is 69.1 Å². The average molecular weight is 470 g/mol. The van der Waals surface area contributed by atoms with Crippen LogP contribution in [0.2, 0.25) is 0 Å². The van der Waals surface area contributed by atoms with Gasteiger partial charge in [-0.1, -0.05) is 18.2 Å². The van der Waals surface area contributed by atoms with E-state index in [1.807, 2.05) is 24.2 Å². The van der Waals surface area contributed by atoms with Crippen LogP contribution < -0.4 is 10.6 Å². The zero-order valence-electron chi connectivity index (χ0n) is 18.7. The van der Waals surface area contributed by atoms with Crippen LogP contribution in [0.15, 0.2) is 45.3 Å². The van der Waals surface area contributed by atoms with Crippen LogP contribution in [0.25, 0.3) is 6.08 Å². The van der Waals surface area contributed by atoms with Crippen LogP contribution in [0.4, 0.5) is 0 Å². The van der Waals surface area contributed by atoms with E-state index >= 15 is 0 Å². The maximum Gasteiger partial charge on any atom is 0.263 e. The molecule has 1 saturated heterocycles. The Bertz CT molecular complexity index is 969. The van der Waals surface area contributed by atoms with E-state index in [0.29, 0.717) is 18.5 Å². The number of fused-ring (bicyclic) bond motifs is 1. The molecule has 0 saturated carbocycles. The third kappa shape index (κ3) is 5.79. The zero-order chi connectivity index (χ0) is 22.3. The summed E-state index contributed by atoms with van der Waals surface area (Å²) in [5.74, 6) is 0.758. The Balaban J connectivity index is 1.50. The number of carbonyl (C=O) groups is 1. The molecule has 1 fully saturated rings. The van der Waals surface area contributed by atoms with Crippen molar-refractivity contribution >= 4 is 47.3 Å². The molecule has 32 heavy (non-hydrogen) atoms. The van der Waals surface area contributed by atoms with Crippen LogP contribution >= 0.6 is 23.1 Å². The summed E-state index contributed by atoms with van der Waals surface area (Å²) in [6.45, 7) is 2.45. The second kappa shape index (κ2) is 11.1. The molecule has 1 aromatic rings. The highest BCUT2D eigenvalue weighted by atomic mass is 32.2. The van der Waals surface area contributed by atoms with Crippen molar-refractivity contribution in [2.45, 2.75) is 44.3 Å². The predicted octanol–water partition coefficient (Wildman–Crippen LogP) is 4.08. The van der Waals surface area contributed by atoms with Crippen molar-refractivity contribution in [3.05, 3.63) is 50.6 Å². The fourth-order valence-electron chi connectivity index (χ4n) is 4.06. The maximum absolute atomic E-state index is 13.2. The Labute approximate surface area is 198 Å². The monoisotopic (exact) mass is 469 g/mol. The van der Waals surface area contributed by atoms with E-state index in [1.54, 1.807) is 23.1 Å². The number of hydrogen-bond donors (Lipinski definition) is 2. The number of rotatable bonds is 4. The minimum atomic E-state index is 0.111. The summed E-state index contributed by atoms with van der Waals surface area (Å²) in [4.78, 5) is 27.6. The van der Waals surface area contributed by atoms with Gasteiger partial charge in [-0.15, -0.1) is 23.1 Å². The van der Waals surface area contributed by atoms with Crippen LogP contribution in [0, 0.1) is 0 Å². The molecule has 3 heterocycles. The van der Waals surface area contributed by atoms with Crippen LogP contribution in [-0.4, -0.2) is 61.5 Å². The Morgan fingerprint density at radius 1 is 1.28 bits per heavy atom. The van der Waals surface area contributed by atoms with Gasteiger partial charge in [-0.3, -0.25) is 4.79 Å². The number of thiophene rings is 1. The lowest BCUT2D eigenvalue weighted by atomic mass is 10.1. The SMILES string of the molecule is CSC1=CC(NC2=NCc3cc(C(=O)N(C)C4CCNCC4)sc3/C=C\CC=N2)CC=C1. The van der Waals surface area contributed by atoms with Crippen molar-refractivity contribution in [3.63, 3.8) is 0 Å². The molecule has 0 spiro atoms. The molecule has 1 unspecified atom stereocenters. The van der Waals surface area contributed by atoms with Crippen molar-refractivity contribution in [3.8, 4) is 0 Å². The molecule has 2 N–H and O–H groups in total. The Morgan fingerprint density at radius 3 is 2.94 bits per heavy atom. The number of piperidine rings is 1. The van der Waals surface area contributed by atoms with Gasteiger partial charge in [0.1, 0.15) is 0 Å². The van der Waals surface area contributed by atoms with E-state index in [4.69, 9.17) is 4.99 Å². The van der Waals surface area contributed by atoms with Crippen molar-refractivity contribution < 1.29 is 4.79 Å². The molecule has 4 rings (SSSR count). The second-order valence-corrected chi connectivity index (χ2v) is 10.1. The molecule has 0 radical (unpaired) electrons. The van der Waals surface area contributed by atoms with Gasteiger partial charge in [0.05, 0.1) is 17.5 Å². The molecule has 1 aromatic heterocycles. The summed E-state index contributed by atoms with van der Waals surface area (Å²) in [6, 6.07) is 2.52. The van der Waals surface area contributed by atoms with Gasteiger partial charge in [-0.25, -0.2) is 9.98 Å². The standard InChI is InChI=1S/C24H31N5OS2/c1-29(19-9-12-25-13-10-19)23(30)22-14-17-16-27-24(26-11-4-3-8-21(17)32-22)28-18-6-5-7-20(15-18)31-2/h3,5,7-8,11,14-15,18-19,25H,4,6,9-10,12-13,16H2,1-2H3,(H,27,28)/b8-3-,26-11?. The number of nitrogens with zero attached hydrogens (tertiary/aromatic N) is 3. The number of amides is 1. The largest absolute Gasteiger partial charge is 0.348 e. The number of aliphatic imine (C=N–C) groups is 2. The second-order valence-electron chi connectivity index (χ2n) is 8.15. The lowest BCUT2D eigenvalue weighted by molar-refractivity contribution is 0.0708. The number of nitrogens with one attached hydrogen (secondary N) is 2. The van der Waals surface area contributed by atoms with Gasteiger partial charge in [-0.2, -0.15) is 0 Å². The number of carbonyl (C=O) groups excluding carboxylic acids is 1. The minimum Gasteiger partial charge on any atom is -0.348 e. The molecule has 0 bridgehead atoms. The summed E-state index contributed by atoms with van der Waals surface area (Å²) in [7, 11) is 1.93. The first-order valence-corrected chi connectivity index (χ1v) is 13.2. The van der Waals surface area contributed by atoms with Gasteiger partial charge >= 0.3 is 0 Å². The van der Waals surface area contributed by atoms with Gasteiger partial charge in [0.25, 0.3) is 5.91 Å². The van der Waals surface area contributed by atoms with Crippen molar-refractivity contribution in [1.29, 1.82) is 0 Å². The van der Waals surface area contributed by atoms with Gasteiger partial charge < -0.3 is 15.5 Å². The molecule has 3 aliphatic rings. The van der Waals surface area contributed by atoms with E-state index in [9.17, 15) is 4.79 Å². The first kappa shape index (κ1) is 23.0. The summed E-state index contributed by atoms with van der Waals surface area (Å²) in [6.07, 6.45) is 18.4. The average Bonchev–Trinajstić information content (AvgIpc) is 3.25. The Hall–Kier alpha value is -2.16. The molecule has 1 aliphatic carbocycles. The molecular formula is C24H31N5OS2. The summed E-state index contributed by atoms with van der Waals surface area (Å²) >= 11 is 3.31. The van der Waals surface area contributed by atoms with E-state index < -0.39 is 0 Å². The number of allylic oxidation sites excluding steroid dienone is 2. The molecule has 1 amide bonds. The first-order valence-electron chi connectivity index (χ1n) is 11.2. The predicted molar refractivity (Wildman–Crippen MR) is 138 cm³/mol. The highest BCUT2D eigenvalue weighted by molar-refractivity contribution is 8.02. The van der Waals surface area contributed by atoms with Crippen molar-refractivity contribution in [2.24, 2.45) is 9.98 Å². The van der Waals surface area contributed by atoms with Gasteiger partial charge in [0, 0.05) is 35.5 Å². The van der Waals surface area contributed by atoms with Gasteiger partial charge in [0.15, 0.2) is 0 Å². The van der Waals surface area contributed by atoms with Crippen LogP contribution in [-0.2, 0) is 6.54 Å². The fraction of sp³-hybridized carbons (Fsp3) is 0.458. The molecular weight excluding hydrogens is 438 g/mol. The summed E-state index contributed by atoms with van der Waals surface area (Å²) < 4.78 is 0. The fourth-order valence-corrected chi connectivity index (χ4v) is 5.68. The van der Waals surface area contributed by atoms with Crippen LogP contribution in [0.3, 0.4) is 0 Å². The normalized spacial score (nSPS) is 22.5. The van der Waals surface area contributed by atoms with Crippen LogP contribution in [0.1, 0.15) is 45.8 Å². The third-order valence-corrected chi connectivity index (χ3v) is 7.81. The molecule has 170 valence electrons. The zero-order valence-corrected chi connectivity index (χ0v) is 20.3. The van der Waals surface area contributed by atoms with Crippen molar-refractivity contribution in [1.82, 2.24) is 15.5 Å². The van der Waals surface area contributed by atoms with E-state index in [-0.39, 0.29) is 11.9 Å². The quantitative estimate of drug-likeness (QED) is 0.697. The van der Waals surface area contributed by atoms with Gasteiger partial charge in [-0.05, 0) is 62.4 Å². The Kier molecular flexibility index (Phi) is 8.00. The minimum absolute atomic E-state index is 0.111. The summed E-state index contributed by atoms with van der Waals surface area (Å²) in [5, 5.41) is 6.84. The van der Waals surface area contributed by atoms with E-state index in [2.05, 4.69) is 52.3 Å². The smallest absolute Gasteiger partial charge is 0.263 e. The first-order chi connectivity index (χ1) is 15.6. The molecule has 8 heteroatoms. The van der Waals surface area contributed by atoms with Crippen LogP contribution in [0.5, 0.6) is 0 Å². The lowest BCUT2D eigenvalue weighted by Crippen LogP contribution is -2.43. The Morgan fingerprint density at radius 2 is 2.12 bits per heavy atom. The number of guanidine groups is 1. The molecule has 2 aliphatic heterocycles. The van der Waals surface area contributed by atoms with E-state index in [0.717, 1.165) is 54.1 Å². The van der Waals surface area contributed by atoms with Gasteiger partial charge in [0.2, 0.25) is 5.96 Å². The highest BCUT2D eigenvalue weighted by Crippen LogP contribution is 2.28. The van der Waals surface area contributed by atoms with E-state index in [1.165, 1.54) is 4.91 Å². The maximum atomic E-state index is 13.2. The number of thioether (sulfide) groups is 1. The summed E-state index contributed by atoms with van der Waals surface area (Å²) in [5.41, 5.74) is 1.08. The lowest BCUT2D eigenvalue weighted by Gasteiger charge is -2.31.